The third-order valence-electron chi connectivity index (χ3n) is 6.89. The quantitative estimate of drug-likeness (QED) is 0.268. The van der Waals surface area contributed by atoms with E-state index in [9.17, 15) is 0 Å². The minimum absolute atomic E-state index is 0.513. The summed E-state index contributed by atoms with van der Waals surface area (Å²) < 4.78 is 8.03. The van der Waals surface area contributed by atoms with Gasteiger partial charge in [-0.25, -0.2) is 4.98 Å². The van der Waals surface area contributed by atoms with Crippen LogP contribution in [-0.2, 0) is 25.0 Å². The number of hydrogen-bond acceptors (Lipinski definition) is 4. The zero-order chi connectivity index (χ0) is 25.4. The Balaban J connectivity index is 1.91. The van der Waals surface area contributed by atoms with Gasteiger partial charge in [-0.05, 0) is 54.2 Å². The molecule has 0 bridgehead atoms. The van der Waals surface area contributed by atoms with Crippen molar-refractivity contribution in [3.8, 4) is 5.75 Å². The predicted molar refractivity (Wildman–Crippen MR) is 149 cm³/mol. The van der Waals surface area contributed by atoms with Crippen molar-refractivity contribution in [3.63, 3.8) is 0 Å². The number of rotatable bonds is 12. The molecule has 188 valence electrons. The van der Waals surface area contributed by atoms with Crippen LogP contribution in [0.2, 0.25) is 0 Å². The Bertz CT molecular complexity index is 1220. The first-order valence-electron chi connectivity index (χ1n) is 12.8. The van der Waals surface area contributed by atoms with Gasteiger partial charge in [0.05, 0.1) is 25.6 Å². The molecular weight excluding hydrogens is 444 g/mol. The van der Waals surface area contributed by atoms with Crippen molar-refractivity contribution in [2.24, 2.45) is 0 Å². The standard InChI is InChI=1S/C31H38N4O/c1-5-6-11-26-12-7-8-13-28(26)31(33-24-35-21-20-32-23-35,29-14-9-10-15-30(29)36-4)22-25-16-18-27(19-17-25)34(2)3/h7-10,12-21,23,33H,5-6,11,22,24H2,1-4H3. The fourth-order valence-electron chi connectivity index (χ4n) is 4.93. The number of unbranched alkanes of at least 4 members (excludes halogenated alkanes) is 1. The molecular formula is C31H38N4O. The Hall–Kier alpha value is -3.57. The number of benzene rings is 3. The van der Waals surface area contributed by atoms with Crippen molar-refractivity contribution in [1.82, 2.24) is 14.9 Å². The van der Waals surface area contributed by atoms with E-state index in [0.717, 1.165) is 37.0 Å². The molecule has 0 saturated heterocycles. The van der Waals surface area contributed by atoms with E-state index in [1.807, 2.05) is 24.8 Å². The molecule has 1 heterocycles. The first-order valence-corrected chi connectivity index (χ1v) is 12.8. The average molecular weight is 483 g/mol. The van der Waals surface area contributed by atoms with E-state index in [2.05, 4.69) is 108 Å². The lowest BCUT2D eigenvalue weighted by atomic mass is 9.75. The first-order chi connectivity index (χ1) is 17.6. The van der Waals surface area contributed by atoms with E-state index in [4.69, 9.17) is 4.74 Å². The van der Waals surface area contributed by atoms with Gasteiger partial charge in [0.15, 0.2) is 0 Å². The van der Waals surface area contributed by atoms with E-state index in [1.54, 1.807) is 7.11 Å². The van der Waals surface area contributed by atoms with Crippen molar-refractivity contribution < 1.29 is 4.74 Å². The minimum Gasteiger partial charge on any atom is -0.496 e. The zero-order valence-corrected chi connectivity index (χ0v) is 21.9. The first kappa shape index (κ1) is 25.5. The molecule has 5 heteroatoms. The third kappa shape index (κ3) is 5.63. The van der Waals surface area contributed by atoms with Crippen LogP contribution in [0.5, 0.6) is 5.75 Å². The number of nitrogens with zero attached hydrogens (tertiary/aromatic N) is 3. The second kappa shape index (κ2) is 11.9. The van der Waals surface area contributed by atoms with Gasteiger partial charge in [0.25, 0.3) is 0 Å². The van der Waals surface area contributed by atoms with Gasteiger partial charge < -0.3 is 14.2 Å². The summed E-state index contributed by atoms with van der Waals surface area (Å²) in [5.41, 5.74) is 5.73. The van der Waals surface area contributed by atoms with E-state index in [-0.39, 0.29) is 0 Å². The molecule has 4 aromatic rings. The van der Waals surface area contributed by atoms with Crippen molar-refractivity contribution in [1.29, 1.82) is 0 Å². The summed E-state index contributed by atoms with van der Waals surface area (Å²) in [6.45, 7) is 2.87. The normalized spacial score (nSPS) is 12.8. The number of nitrogens with one attached hydrogen (secondary N) is 1. The van der Waals surface area contributed by atoms with Crippen LogP contribution in [0.25, 0.3) is 0 Å². The smallest absolute Gasteiger partial charge is 0.124 e. The molecule has 5 nitrogen and oxygen atoms in total. The van der Waals surface area contributed by atoms with Gasteiger partial charge in [0.2, 0.25) is 0 Å². The van der Waals surface area contributed by atoms with Crippen LogP contribution in [0.4, 0.5) is 5.69 Å². The zero-order valence-electron chi connectivity index (χ0n) is 21.9. The number of hydrogen-bond donors (Lipinski definition) is 1. The second-order valence-electron chi connectivity index (χ2n) is 9.52. The fourth-order valence-corrected chi connectivity index (χ4v) is 4.93. The Kier molecular flexibility index (Phi) is 8.44. The van der Waals surface area contributed by atoms with Crippen LogP contribution in [0.15, 0.2) is 91.5 Å². The predicted octanol–water partition coefficient (Wildman–Crippen LogP) is 6.03. The molecule has 0 spiro atoms. The van der Waals surface area contributed by atoms with Crippen molar-refractivity contribution in [2.45, 2.75) is 44.8 Å². The van der Waals surface area contributed by atoms with E-state index >= 15 is 0 Å². The van der Waals surface area contributed by atoms with Gasteiger partial charge in [-0.15, -0.1) is 0 Å². The molecule has 1 aromatic heterocycles. The molecule has 0 saturated carbocycles. The van der Waals surface area contributed by atoms with Crippen LogP contribution >= 0.6 is 0 Å². The number of anilines is 1. The second-order valence-corrected chi connectivity index (χ2v) is 9.52. The molecule has 4 rings (SSSR count). The Morgan fingerprint density at radius 2 is 1.67 bits per heavy atom. The molecule has 36 heavy (non-hydrogen) atoms. The van der Waals surface area contributed by atoms with Gasteiger partial charge >= 0.3 is 0 Å². The number of ether oxygens (including phenoxy) is 1. The maximum Gasteiger partial charge on any atom is 0.124 e. The highest BCUT2D eigenvalue weighted by Crippen LogP contribution is 2.40. The van der Waals surface area contributed by atoms with Crippen LogP contribution in [0, 0.1) is 0 Å². The minimum atomic E-state index is -0.513. The maximum absolute atomic E-state index is 5.95. The topological polar surface area (TPSA) is 42.3 Å². The molecule has 1 atom stereocenters. The summed E-state index contributed by atoms with van der Waals surface area (Å²) in [6, 6.07) is 26.2. The van der Waals surface area contributed by atoms with Gasteiger partial charge in [0.1, 0.15) is 5.75 Å². The molecule has 0 radical (unpaired) electrons. The average Bonchev–Trinajstić information content (AvgIpc) is 3.44. The molecule has 0 amide bonds. The van der Waals surface area contributed by atoms with Crippen molar-refractivity contribution in [2.75, 3.05) is 26.1 Å². The molecule has 1 N–H and O–H groups in total. The molecule has 0 aliphatic carbocycles. The summed E-state index contributed by atoms with van der Waals surface area (Å²) in [7, 11) is 5.91. The van der Waals surface area contributed by atoms with Crippen molar-refractivity contribution in [3.05, 3.63) is 114 Å². The van der Waals surface area contributed by atoms with Gasteiger partial charge in [-0.2, -0.15) is 0 Å². The Labute approximate surface area is 215 Å². The van der Waals surface area contributed by atoms with Crippen LogP contribution in [0.1, 0.15) is 42.0 Å². The summed E-state index contributed by atoms with van der Waals surface area (Å²) in [5, 5.41) is 3.98. The van der Waals surface area contributed by atoms with Gasteiger partial charge in [-0.3, -0.25) is 5.32 Å². The largest absolute Gasteiger partial charge is 0.496 e. The molecule has 0 fully saturated rings. The summed E-state index contributed by atoms with van der Waals surface area (Å²) in [5.74, 6) is 0.880. The summed E-state index contributed by atoms with van der Waals surface area (Å²) in [4.78, 5) is 6.40. The molecule has 0 aliphatic heterocycles. The maximum atomic E-state index is 5.95. The Morgan fingerprint density at radius 1 is 0.944 bits per heavy atom. The Morgan fingerprint density at radius 3 is 2.33 bits per heavy atom. The summed E-state index contributed by atoms with van der Waals surface area (Å²) in [6.07, 6.45) is 9.79. The molecule has 3 aromatic carbocycles. The number of aromatic nitrogens is 2. The van der Waals surface area contributed by atoms with E-state index in [0.29, 0.717) is 6.67 Å². The SMILES string of the molecule is CCCCc1ccccc1C(Cc1ccc(N(C)C)cc1)(NCn1ccnc1)c1ccccc1OC. The molecule has 1 unspecified atom stereocenters. The van der Waals surface area contributed by atoms with Gasteiger partial charge in [-0.1, -0.05) is 67.9 Å². The third-order valence-corrected chi connectivity index (χ3v) is 6.89. The highest BCUT2D eigenvalue weighted by molar-refractivity contribution is 5.52. The monoisotopic (exact) mass is 482 g/mol. The lowest BCUT2D eigenvalue weighted by molar-refractivity contribution is 0.331. The summed E-state index contributed by atoms with van der Waals surface area (Å²) >= 11 is 0. The van der Waals surface area contributed by atoms with Crippen LogP contribution < -0.4 is 15.0 Å². The fraction of sp³-hybridized carbons (Fsp3) is 0.323. The van der Waals surface area contributed by atoms with Crippen LogP contribution in [-0.4, -0.2) is 30.8 Å². The van der Waals surface area contributed by atoms with E-state index in [1.165, 1.54) is 22.4 Å². The van der Waals surface area contributed by atoms with E-state index < -0.39 is 5.54 Å². The highest BCUT2D eigenvalue weighted by atomic mass is 16.5. The lowest BCUT2D eigenvalue weighted by Gasteiger charge is -2.39. The number of methoxy groups -OCH3 is 1. The number of imidazole rings is 1. The molecule has 0 aliphatic rings. The van der Waals surface area contributed by atoms with Gasteiger partial charge in [0, 0.05) is 37.7 Å². The lowest BCUT2D eigenvalue weighted by Crippen LogP contribution is -2.47. The number of para-hydroxylation sites is 1. The number of aryl methyl sites for hydroxylation is 1. The highest BCUT2D eigenvalue weighted by Gasteiger charge is 2.38. The van der Waals surface area contributed by atoms with Crippen LogP contribution in [0.3, 0.4) is 0 Å². The van der Waals surface area contributed by atoms with Crippen molar-refractivity contribution >= 4 is 5.69 Å².